The van der Waals surface area contributed by atoms with Gasteiger partial charge in [0, 0.05) is 11.1 Å². The summed E-state index contributed by atoms with van der Waals surface area (Å²) in [4.78, 5) is 0. The van der Waals surface area contributed by atoms with Gasteiger partial charge in [0.2, 0.25) is 0 Å². The van der Waals surface area contributed by atoms with Crippen molar-refractivity contribution in [3.8, 4) is 0 Å². The van der Waals surface area contributed by atoms with Gasteiger partial charge in [0.15, 0.2) is 15.7 Å². The second-order valence-electron chi connectivity index (χ2n) is 4.81. The SMILES string of the molecule is Cc1[nH]nc2c(F)cc(CS(=O)(=O)CCCCF)cc12. The number of benzene rings is 1. The number of aromatic nitrogens is 2. The van der Waals surface area contributed by atoms with E-state index in [1.54, 1.807) is 13.0 Å². The molecule has 0 spiro atoms. The molecule has 0 saturated heterocycles. The number of aryl methyl sites for hydroxylation is 1. The van der Waals surface area contributed by atoms with Crippen LogP contribution in [0.1, 0.15) is 24.1 Å². The maximum atomic E-state index is 13.8. The van der Waals surface area contributed by atoms with E-state index < -0.39 is 22.3 Å². The molecular formula is C13H16F2N2O2S. The summed E-state index contributed by atoms with van der Waals surface area (Å²) in [7, 11) is -3.35. The third-order valence-corrected chi connectivity index (χ3v) is 4.77. The molecule has 0 fully saturated rings. The highest BCUT2D eigenvalue weighted by Gasteiger charge is 2.15. The van der Waals surface area contributed by atoms with Gasteiger partial charge in [0.05, 0.1) is 18.2 Å². The van der Waals surface area contributed by atoms with E-state index in [1.807, 2.05) is 0 Å². The number of H-pyrrole nitrogens is 1. The van der Waals surface area contributed by atoms with Crippen molar-refractivity contribution in [3.05, 3.63) is 29.2 Å². The highest BCUT2D eigenvalue weighted by molar-refractivity contribution is 7.90. The average molecular weight is 302 g/mol. The number of alkyl halides is 1. The van der Waals surface area contributed by atoms with Crippen molar-refractivity contribution < 1.29 is 17.2 Å². The molecule has 0 aliphatic carbocycles. The van der Waals surface area contributed by atoms with Gasteiger partial charge in [-0.25, -0.2) is 12.8 Å². The lowest BCUT2D eigenvalue weighted by Crippen LogP contribution is -2.10. The number of nitrogens with one attached hydrogen (secondary N) is 1. The van der Waals surface area contributed by atoms with Crippen LogP contribution in [-0.2, 0) is 15.6 Å². The molecule has 7 heteroatoms. The Morgan fingerprint density at radius 3 is 2.75 bits per heavy atom. The number of hydrogen-bond acceptors (Lipinski definition) is 3. The Labute approximate surface area is 116 Å². The van der Waals surface area contributed by atoms with Crippen LogP contribution in [0.3, 0.4) is 0 Å². The molecule has 2 aromatic rings. The lowest BCUT2D eigenvalue weighted by atomic mass is 10.1. The third kappa shape index (κ3) is 3.33. The molecule has 0 radical (unpaired) electrons. The molecule has 1 heterocycles. The van der Waals surface area contributed by atoms with E-state index >= 15 is 0 Å². The quantitative estimate of drug-likeness (QED) is 0.834. The van der Waals surface area contributed by atoms with Crippen LogP contribution in [0.15, 0.2) is 12.1 Å². The predicted octanol–water partition coefficient (Wildman–Crippen LogP) is 2.67. The molecule has 4 nitrogen and oxygen atoms in total. The van der Waals surface area contributed by atoms with Gasteiger partial charge in [-0.15, -0.1) is 0 Å². The van der Waals surface area contributed by atoms with E-state index in [2.05, 4.69) is 10.2 Å². The van der Waals surface area contributed by atoms with Crippen molar-refractivity contribution in [2.75, 3.05) is 12.4 Å². The van der Waals surface area contributed by atoms with E-state index in [9.17, 15) is 17.2 Å². The average Bonchev–Trinajstić information content (AvgIpc) is 2.71. The molecule has 0 saturated carbocycles. The van der Waals surface area contributed by atoms with Gasteiger partial charge in [0.1, 0.15) is 5.52 Å². The molecule has 0 aliphatic rings. The van der Waals surface area contributed by atoms with E-state index in [-0.39, 0.29) is 29.9 Å². The number of rotatable bonds is 6. The fraction of sp³-hybridized carbons (Fsp3) is 0.462. The Hall–Kier alpha value is -1.50. The van der Waals surface area contributed by atoms with Crippen LogP contribution in [0, 0.1) is 12.7 Å². The fourth-order valence-electron chi connectivity index (χ4n) is 2.08. The zero-order valence-corrected chi connectivity index (χ0v) is 11.9. The first-order valence-electron chi connectivity index (χ1n) is 6.32. The Bertz CT molecular complexity index is 710. The zero-order chi connectivity index (χ0) is 14.8. The molecule has 0 bridgehead atoms. The molecule has 110 valence electrons. The summed E-state index contributed by atoms with van der Waals surface area (Å²) in [6.07, 6.45) is 0.516. The molecule has 0 atom stereocenters. The van der Waals surface area contributed by atoms with Gasteiger partial charge in [-0.3, -0.25) is 9.49 Å². The summed E-state index contributed by atoms with van der Waals surface area (Å²) >= 11 is 0. The smallest absolute Gasteiger partial charge is 0.154 e. The first-order valence-corrected chi connectivity index (χ1v) is 8.14. The van der Waals surface area contributed by atoms with E-state index in [0.29, 0.717) is 16.6 Å². The second-order valence-corrected chi connectivity index (χ2v) is 6.99. The molecule has 0 amide bonds. The summed E-state index contributed by atoms with van der Waals surface area (Å²) in [5.41, 5.74) is 1.29. The molecule has 1 N–H and O–H groups in total. The first-order chi connectivity index (χ1) is 9.43. The molecule has 20 heavy (non-hydrogen) atoms. The van der Waals surface area contributed by atoms with Crippen LogP contribution in [-0.4, -0.2) is 31.0 Å². The minimum atomic E-state index is -3.35. The molecular weight excluding hydrogens is 286 g/mol. The summed E-state index contributed by atoms with van der Waals surface area (Å²) in [6, 6.07) is 2.82. The van der Waals surface area contributed by atoms with Gasteiger partial charge in [-0.05, 0) is 37.5 Å². The van der Waals surface area contributed by atoms with Gasteiger partial charge in [-0.2, -0.15) is 5.10 Å². The Morgan fingerprint density at radius 2 is 2.05 bits per heavy atom. The number of nitrogens with zero attached hydrogens (tertiary/aromatic N) is 1. The van der Waals surface area contributed by atoms with Crippen LogP contribution in [0.2, 0.25) is 0 Å². The predicted molar refractivity (Wildman–Crippen MR) is 73.5 cm³/mol. The largest absolute Gasteiger partial charge is 0.282 e. The van der Waals surface area contributed by atoms with Crippen molar-refractivity contribution in [2.24, 2.45) is 0 Å². The number of hydrogen-bond donors (Lipinski definition) is 1. The third-order valence-electron chi connectivity index (χ3n) is 3.09. The number of halogens is 2. The van der Waals surface area contributed by atoms with Crippen molar-refractivity contribution in [2.45, 2.75) is 25.5 Å². The second kappa shape index (κ2) is 5.87. The van der Waals surface area contributed by atoms with Crippen LogP contribution in [0.5, 0.6) is 0 Å². The lowest BCUT2D eigenvalue weighted by molar-refractivity contribution is 0.468. The molecule has 1 aromatic carbocycles. The summed E-state index contributed by atoms with van der Waals surface area (Å²) < 4.78 is 49.5. The lowest BCUT2D eigenvalue weighted by Gasteiger charge is -2.05. The molecule has 1 aromatic heterocycles. The van der Waals surface area contributed by atoms with Gasteiger partial charge in [0.25, 0.3) is 0 Å². The van der Waals surface area contributed by atoms with Crippen molar-refractivity contribution in [1.82, 2.24) is 10.2 Å². The fourth-order valence-corrected chi connectivity index (χ4v) is 3.54. The van der Waals surface area contributed by atoms with E-state index in [1.165, 1.54) is 6.07 Å². The van der Waals surface area contributed by atoms with Crippen molar-refractivity contribution in [3.63, 3.8) is 0 Å². The standard InChI is InChI=1S/C13H16F2N2O2S/c1-9-11-6-10(7-12(15)13(11)17-16-9)8-20(18,19)5-3-2-4-14/h6-7H,2-5,8H2,1H3,(H,16,17). The first kappa shape index (κ1) is 14.9. The summed E-state index contributed by atoms with van der Waals surface area (Å²) in [6.45, 7) is 1.22. The molecule has 2 rings (SSSR count). The minimum Gasteiger partial charge on any atom is -0.282 e. The highest BCUT2D eigenvalue weighted by atomic mass is 32.2. The van der Waals surface area contributed by atoms with Crippen molar-refractivity contribution >= 4 is 20.7 Å². The molecule has 0 aliphatic heterocycles. The van der Waals surface area contributed by atoms with Crippen molar-refractivity contribution in [1.29, 1.82) is 0 Å². The number of fused-ring (bicyclic) bond motifs is 1. The van der Waals surface area contributed by atoms with Crippen LogP contribution >= 0.6 is 0 Å². The van der Waals surface area contributed by atoms with E-state index in [4.69, 9.17) is 0 Å². The van der Waals surface area contributed by atoms with Gasteiger partial charge < -0.3 is 0 Å². The number of aromatic amines is 1. The topological polar surface area (TPSA) is 62.8 Å². The monoisotopic (exact) mass is 302 g/mol. The highest BCUT2D eigenvalue weighted by Crippen LogP contribution is 2.22. The Balaban J connectivity index is 2.23. The Morgan fingerprint density at radius 1 is 1.30 bits per heavy atom. The zero-order valence-electron chi connectivity index (χ0n) is 11.1. The summed E-state index contributed by atoms with van der Waals surface area (Å²) in [5, 5.41) is 7.08. The maximum absolute atomic E-state index is 13.8. The maximum Gasteiger partial charge on any atom is 0.154 e. The van der Waals surface area contributed by atoms with E-state index in [0.717, 1.165) is 0 Å². The van der Waals surface area contributed by atoms with Gasteiger partial charge in [-0.1, -0.05) is 0 Å². The minimum absolute atomic E-state index is 0.0824. The molecule has 0 unspecified atom stereocenters. The number of sulfone groups is 1. The van der Waals surface area contributed by atoms with Crippen LogP contribution in [0.25, 0.3) is 10.9 Å². The number of unbranched alkanes of at least 4 members (excludes halogenated alkanes) is 1. The summed E-state index contributed by atoms with van der Waals surface area (Å²) in [5.74, 6) is -0.863. The Kier molecular flexibility index (Phi) is 4.37. The van der Waals surface area contributed by atoms with Gasteiger partial charge >= 0.3 is 0 Å². The van der Waals surface area contributed by atoms with Crippen LogP contribution in [0.4, 0.5) is 8.78 Å². The van der Waals surface area contributed by atoms with Crippen LogP contribution < -0.4 is 0 Å². The normalized spacial score (nSPS) is 12.2.